The van der Waals surface area contributed by atoms with Crippen LogP contribution < -0.4 is 10.1 Å². The second-order valence-electron chi connectivity index (χ2n) is 11.8. The fraction of sp³-hybridized carbons (Fsp3) is 0.406. The summed E-state index contributed by atoms with van der Waals surface area (Å²) in [6.07, 6.45) is 0.268. The number of ketones is 1. The van der Waals surface area contributed by atoms with Crippen molar-refractivity contribution >= 4 is 29.5 Å². The third-order valence-electron chi connectivity index (χ3n) is 7.14. The zero-order chi connectivity index (χ0) is 34.1. The summed E-state index contributed by atoms with van der Waals surface area (Å²) in [5.74, 6) is -2.72. The van der Waals surface area contributed by atoms with Gasteiger partial charge in [-0.25, -0.2) is 14.8 Å². The summed E-state index contributed by atoms with van der Waals surface area (Å²) < 4.78 is 5.27. The zero-order valence-electron chi connectivity index (χ0n) is 26.2. The fourth-order valence-electron chi connectivity index (χ4n) is 4.49. The molecular weight excluding hydrogens is 598 g/mol. The van der Waals surface area contributed by atoms with E-state index in [1.165, 1.54) is 5.56 Å². The molecule has 0 spiro atoms. The molecule has 1 aliphatic heterocycles. The molecule has 0 bridgehead atoms. The number of benzene rings is 1. The minimum Gasteiger partial charge on any atom is -0.497 e. The molecule has 0 fully saturated rings. The van der Waals surface area contributed by atoms with Crippen LogP contribution in [0.5, 0.6) is 5.75 Å². The number of nitrogens with zero attached hydrogens (tertiary/aromatic N) is 4. The van der Waals surface area contributed by atoms with Crippen LogP contribution in [0, 0.1) is 5.41 Å². The maximum atomic E-state index is 12.6. The second kappa shape index (κ2) is 15.4. The number of rotatable bonds is 12. The maximum Gasteiger partial charge on any atom is 0.336 e. The van der Waals surface area contributed by atoms with Gasteiger partial charge in [-0.05, 0) is 29.8 Å². The summed E-state index contributed by atoms with van der Waals surface area (Å²) in [5, 5.41) is 37.1. The van der Waals surface area contributed by atoms with Gasteiger partial charge in [0.05, 0.1) is 32.2 Å². The molecule has 3 aromatic rings. The van der Waals surface area contributed by atoms with Gasteiger partial charge in [-0.15, -0.1) is 0 Å². The average Bonchev–Trinajstić information content (AvgIpc) is 2.99. The smallest absolute Gasteiger partial charge is 0.336 e. The van der Waals surface area contributed by atoms with E-state index in [-0.39, 0.29) is 12.3 Å². The highest BCUT2D eigenvalue weighted by Crippen LogP contribution is 2.28. The highest BCUT2D eigenvalue weighted by atomic mass is 16.5. The molecule has 3 heterocycles. The number of carboxylic acids is 3. The average molecular weight is 638 g/mol. The van der Waals surface area contributed by atoms with Crippen molar-refractivity contribution in [3.63, 3.8) is 0 Å². The van der Waals surface area contributed by atoms with Crippen molar-refractivity contribution in [2.24, 2.45) is 5.41 Å². The standard InChI is InChI=1S/C26H31N5O2.C6H8O7/c1-26(2,3)23(32)15-28-24-20-17-31(16-18-8-10-19(33-4)11-9-18)14-12-21(20)29-25(30-24)22-7-5-6-13-27-22;7-3(8)1-6(13,5(11)12)2-4(9)10/h5-11,13H,12,14-17H2,1-4H3,(H,28,29,30);13H,1-2H2,(H,7,8)(H,9,10)(H,11,12). The monoisotopic (exact) mass is 637 g/mol. The van der Waals surface area contributed by atoms with Crippen molar-refractivity contribution in [2.45, 2.75) is 58.7 Å². The Kier molecular flexibility index (Phi) is 11.9. The van der Waals surface area contributed by atoms with Crippen LogP contribution in [-0.2, 0) is 38.7 Å². The Morgan fingerprint density at radius 1 is 0.957 bits per heavy atom. The van der Waals surface area contributed by atoms with Crippen molar-refractivity contribution in [1.29, 1.82) is 0 Å². The van der Waals surface area contributed by atoms with Crippen LogP contribution in [0.4, 0.5) is 5.82 Å². The number of carbonyl (C=O) groups is 4. The number of aliphatic carboxylic acids is 3. The van der Waals surface area contributed by atoms with Crippen LogP contribution in [0.25, 0.3) is 11.5 Å². The van der Waals surface area contributed by atoms with Gasteiger partial charge in [0.1, 0.15) is 17.3 Å². The lowest BCUT2D eigenvalue weighted by atomic mass is 9.91. The number of aliphatic hydroxyl groups is 1. The van der Waals surface area contributed by atoms with Crippen molar-refractivity contribution in [3.05, 3.63) is 65.5 Å². The predicted molar refractivity (Wildman–Crippen MR) is 166 cm³/mol. The first-order chi connectivity index (χ1) is 21.6. The molecule has 5 N–H and O–H groups in total. The lowest BCUT2D eigenvalue weighted by Gasteiger charge is -2.30. The number of hydrogen-bond donors (Lipinski definition) is 5. The molecule has 0 saturated heterocycles. The highest BCUT2D eigenvalue weighted by Gasteiger charge is 2.40. The molecule has 0 unspecified atom stereocenters. The molecule has 0 amide bonds. The molecule has 0 radical (unpaired) electrons. The first-order valence-electron chi connectivity index (χ1n) is 14.4. The van der Waals surface area contributed by atoms with Crippen molar-refractivity contribution in [2.75, 3.05) is 25.5 Å². The number of anilines is 1. The Morgan fingerprint density at radius 2 is 1.61 bits per heavy atom. The van der Waals surface area contributed by atoms with Gasteiger partial charge in [0.15, 0.2) is 17.2 Å². The first-order valence-corrected chi connectivity index (χ1v) is 14.4. The molecule has 0 aliphatic carbocycles. The number of pyridine rings is 1. The number of carbonyl (C=O) groups excluding carboxylic acids is 1. The molecule has 14 heteroatoms. The number of hydrogen-bond acceptors (Lipinski definition) is 11. The normalized spacial score (nSPS) is 13.1. The number of carboxylic acid groups (broad SMARTS) is 3. The van der Waals surface area contributed by atoms with E-state index < -0.39 is 41.8 Å². The van der Waals surface area contributed by atoms with E-state index in [0.717, 1.165) is 54.6 Å². The van der Waals surface area contributed by atoms with E-state index in [0.29, 0.717) is 5.82 Å². The lowest BCUT2D eigenvalue weighted by molar-refractivity contribution is -0.170. The third kappa shape index (κ3) is 10.0. The van der Waals surface area contributed by atoms with Gasteiger partial charge >= 0.3 is 17.9 Å². The first kappa shape index (κ1) is 35.5. The molecule has 46 heavy (non-hydrogen) atoms. The Bertz CT molecular complexity index is 1520. The number of methoxy groups -OCH3 is 1. The molecule has 2 aromatic heterocycles. The number of nitrogens with one attached hydrogen (secondary N) is 1. The van der Waals surface area contributed by atoms with E-state index in [2.05, 4.69) is 27.3 Å². The number of aromatic nitrogens is 3. The summed E-state index contributed by atoms with van der Waals surface area (Å²) in [6, 6.07) is 13.9. The molecule has 14 nitrogen and oxygen atoms in total. The Morgan fingerprint density at radius 3 is 2.13 bits per heavy atom. The van der Waals surface area contributed by atoms with E-state index in [1.807, 2.05) is 51.1 Å². The molecule has 4 rings (SSSR count). The molecule has 246 valence electrons. The van der Waals surface area contributed by atoms with Crippen LogP contribution >= 0.6 is 0 Å². The van der Waals surface area contributed by atoms with Crippen LogP contribution in [-0.4, -0.2) is 89.8 Å². The van der Waals surface area contributed by atoms with Gasteiger partial charge < -0.3 is 30.5 Å². The number of Topliss-reactive ketones (excluding diaryl/α,β-unsaturated/α-hetero) is 1. The summed E-state index contributed by atoms with van der Waals surface area (Å²) >= 11 is 0. The summed E-state index contributed by atoms with van der Waals surface area (Å²) in [6.45, 7) is 8.47. The largest absolute Gasteiger partial charge is 0.497 e. The molecule has 1 aromatic carbocycles. The summed E-state index contributed by atoms with van der Waals surface area (Å²) in [7, 11) is 1.68. The summed E-state index contributed by atoms with van der Waals surface area (Å²) in [4.78, 5) is 59.5. The fourth-order valence-corrected chi connectivity index (χ4v) is 4.49. The topological polar surface area (TPSA) is 212 Å². The van der Waals surface area contributed by atoms with E-state index in [1.54, 1.807) is 13.3 Å². The van der Waals surface area contributed by atoms with Crippen molar-refractivity contribution in [3.8, 4) is 17.3 Å². The predicted octanol–water partition coefficient (Wildman–Crippen LogP) is 2.88. The van der Waals surface area contributed by atoms with E-state index >= 15 is 0 Å². The number of ether oxygens (including phenoxy) is 1. The van der Waals surface area contributed by atoms with Gasteiger partial charge in [0.25, 0.3) is 0 Å². The van der Waals surface area contributed by atoms with Gasteiger partial charge in [-0.2, -0.15) is 0 Å². The maximum absolute atomic E-state index is 12.6. The third-order valence-corrected chi connectivity index (χ3v) is 7.14. The van der Waals surface area contributed by atoms with Gasteiger partial charge in [-0.1, -0.05) is 39.0 Å². The van der Waals surface area contributed by atoms with Gasteiger partial charge in [-0.3, -0.25) is 24.3 Å². The number of fused-ring (bicyclic) bond motifs is 1. The van der Waals surface area contributed by atoms with E-state index in [4.69, 9.17) is 35.1 Å². The van der Waals surface area contributed by atoms with Gasteiger partial charge in [0, 0.05) is 43.2 Å². The zero-order valence-corrected chi connectivity index (χ0v) is 26.2. The van der Waals surface area contributed by atoms with Crippen LogP contribution in [0.1, 0.15) is 50.4 Å². The van der Waals surface area contributed by atoms with Crippen LogP contribution in [0.2, 0.25) is 0 Å². The Balaban J connectivity index is 0.000000376. The molecular formula is C32H39N5O9. The molecule has 1 aliphatic rings. The SMILES string of the molecule is COc1ccc(CN2CCc3nc(-c4ccccn4)nc(NCC(=O)C(C)(C)C)c3C2)cc1.O=C(O)CC(O)(CC(=O)O)C(=O)O. The Hall–Kier alpha value is -4.95. The highest BCUT2D eigenvalue weighted by molar-refractivity contribution is 5.88. The quantitative estimate of drug-likeness (QED) is 0.193. The second-order valence-corrected chi connectivity index (χ2v) is 11.8. The molecule has 0 atom stereocenters. The summed E-state index contributed by atoms with van der Waals surface area (Å²) in [5.41, 5.74) is 0.870. The van der Waals surface area contributed by atoms with Crippen molar-refractivity contribution < 1.29 is 44.3 Å². The van der Waals surface area contributed by atoms with Gasteiger partial charge in [0.2, 0.25) is 0 Å². The van der Waals surface area contributed by atoms with Crippen molar-refractivity contribution in [1.82, 2.24) is 19.9 Å². The van der Waals surface area contributed by atoms with E-state index in [9.17, 15) is 19.2 Å². The van der Waals surface area contributed by atoms with Crippen LogP contribution in [0.3, 0.4) is 0 Å². The lowest BCUT2D eigenvalue weighted by Crippen LogP contribution is -2.42. The minimum absolute atomic E-state index is 0.139. The minimum atomic E-state index is -2.74. The Labute approximate surface area is 266 Å². The van der Waals surface area contributed by atoms with Crippen LogP contribution in [0.15, 0.2) is 48.7 Å². The molecule has 0 saturated carbocycles.